The Morgan fingerprint density at radius 3 is 1.18 bits per heavy atom. The first-order valence-corrected chi connectivity index (χ1v) is 50.7. The largest absolute Gasteiger partial charge is 0.480 e. The van der Waals surface area contributed by atoms with Crippen molar-refractivity contribution >= 4 is 91.2 Å². The lowest BCUT2D eigenvalue weighted by atomic mass is 9.86. The van der Waals surface area contributed by atoms with Crippen molar-refractivity contribution in [1.29, 1.82) is 10.7 Å². The average molecular weight is 1990 g/mol. The van der Waals surface area contributed by atoms with Crippen molar-refractivity contribution in [3.8, 4) is 6.07 Å². The van der Waals surface area contributed by atoms with Crippen LogP contribution >= 0.6 is 0 Å². The number of likely N-dealkylation sites (tertiary alicyclic amines) is 7. The Morgan fingerprint density at radius 1 is 0.451 bits per heavy atom. The van der Waals surface area contributed by atoms with Crippen LogP contribution in [0.4, 0.5) is 9.59 Å². The SMILES string of the molecule is CC(C)(C)OC(=O)N1CCC(N)(CN)CC1.CC(C)(C)OC(=O)N1CCC2(CC1)CN=CN2.CCOC(=O)CN1C=NC2(CCN(C(=O)c3ccc(C#N)cc3)CC2)C1.CCOC(=O)CN1C=NC2(CCN(Cc3ccccc3)CC2)C1.CCOC(=O)CN1C=NCC12CCN(Cc1ccccc1)CC2.N=C(N)c1ccc(C(=O)N2CCC3(CC2)CN(CC(=O)O)C=N3)cc1.O=C1CCN(Cc2ccccc2)CC1. The summed E-state index contributed by atoms with van der Waals surface area (Å²) in [4.78, 5) is 150. The standard InChI is InChI=1S/C19H22N4O3.2C18H25N3O2.C17H21N5O3.C12H21N3O2.C12H15NO.C11H23N3O2/c1-2-26-17(24)12-22-13-19(21-14-22)7-9-23(10-8-19)18(25)16-5-3-15(11-20)4-6-16;1-2-23-17(22)13-21-14-18(19-15-21)8-10-20(11-9-18)12-16-6-4-3-5-7-16;1-2-23-17(22)13-21-15-19-14-18(21)8-10-20(11-9-18)12-16-6-4-3-5-7-16;18-15(19)12-1-3-13(4-2-12)16(25)22-7-5-17(6-8-22)10-21(11-20-17)9-14(23)24;1-11(2,3)17-10(16)15-6-4-12(5-7-15)8-13-9-14-12;14-12-6-8-13(9-7-12)10-11-4-2-1-3-5-11;1-10(2,3)16-9(15)14-6-4-11(13,8-12)5-7-14/h3-6,14H,2,7-10,12-13H2,1H3;2*3-7,15H,2,8-14H2,1H3;1-4,11H,5-10H2,(H3,18,19)(H,23,24);9H,4-8H2,1-3H3,(H,13,14);1-5H,6-10H2;4-8,12-13H2,1-3H3. The van der Waals surface area contributed by atoms with Crippen LogP contribution in [0, 0.1) is 16.7 Å². The van der Waals surface area contributed by atoms with Crippen LogP contribution in [-0.2, 0) is 67.3 Å². The van der Waals surface area contributed by atoms with Crippen LogP contribution in [0.25, 0.3) is 0 Å². The number of piperidine rings is 7. The van der Waals surface area contributed by atoms with Gasteiger partial charge in [0, 0.05) is 173 Å². The van der Waals surface area contributed by atoms with E-state index in [-0.39, 0.29) is 94.1 Å². The molecule has 4 amide bonds. The Balaban J connectivity index is 0.000000162. The van der Waals surface area contributed by atoms with Gasteiger partial charge in [-0.15, -0.1) is 0 Å². The van der Waals surface area contributed by atoms with Gasteiger partial charge in [-0.1, -0.05) is 103 Å². The van der Waals surface area contributed by atoms with Gasteiger partial charge in [-0.3, -0.25) is 78.6 Å². The fraction of sp³-hybridized carbons (Fsp3) is 0.570. The number of Topliss-reactive ketones (excluding diaryl/α,β-unsaturated/α-hetero) is 1. The van der Waals surface area contributed by atoms with E-state index in [9.17, 15) is 43.2 Å². The topological polar surface area (TPSA) is 455 Å². The zero-order valence-electron chi connectivity index (χ0n) is 85.8. The number of aliphatic imine (C=N–C) groups is 5. The second-order valence-electron chi connectivity index (χ2n) is 41.2. The third-order valence-electron chi connectivity index (χ3n) is 27.9. The molecule has 144 heavy (non-hydrogen) atoms. The lowest BCUT2D eigenvalue weighted by Crippen LogP contribution is -2.56. The number of nitrogen functional groups attached to an aromatic ring is 1. The number of carboxylic acids is 1. The number of esters is 3. The zero-order chi connectivity index (χ0) is 104. The second kappa shape index (κ2) is 52.7. The number of nitriles is 1. The molecule has 5 aromatic carbocycles. The fourth-order valence-corrected chi connectivity index (χ4v) is 19.3. The summed E-state index contributed by atoms with van der Waals surface area (Å²) in [6, 6.07) is 47.1. The lowest BCUT2D eigenvalue weighted by Gasteiger charge is -2.44. The van der Waals surface area contributed by atoms with Crippen LogP contribution < -0.4 is 22.5 Å². The van der Waals surface area contributed by atoms with E-state index in [1.165, 1.54) is 16.7 Å². The van der Waals surface area contributed by atoms with Crippen molar-refractivity contribution in [2.24, 2.45) is 42.2 Å². The second-order valence-corrected chi connectivity index (χ2v) is 41.2. The van der Waals surface area contributed by atoms with E-state index in [0.29, 0.717) is 120 Å². The van der Waals surface area contributed by atoms with Gasteiger partial charge in [0.1, 0.15) is 49.0 Å². The number of ether oxygens (including phenoxy) is 5. The number of amides is 4. The molecule has 5 aromatic rings. The molecule has 37 heteroatoms. The quantitative estimate of drug-likeness (QED) is 0.0172. The van der Waals surface area contributed by atoms with Gasteiger partial charge < -0.3 is 90.5 Å². The van der Waals surface area contributed by atoms with Gasteiger partial charge in [0.05, 0.1) is 104 Å². The third kappa shape index (κ3) is 34.5. The normalized spacial score (nSPS) is 19.7. The first kappa shape index (κ1) is 112. The summed E-state index contributed by atoms with van der Waals surface area (Å²) >= 11 is 0. The van der Waals surface area contributed by atoms with Crippen LogP contribution in [0.15, 0.2) is 164 Å². The Bertz CT molecular complexity index is 5190. The predicted octanol–water partition coefficient (Wildman–Crippen LogP) is 9.58. The van der Waals surface area contributed by atoms with Crippen LogP contribution in [-0.4, -0.2) is 372 Å². The number of aliphatic carboxylic acids is 1. The van der Waals surface area contributed by atoms with Gasteiger partial charge in [-0.2, -0.15) is 5.26 Å². The molecule has 12 aliphatic rings. The number of hydrogen-bond donors (Lipinski definition) is 6. The molecule has 0 radical (unpaired) electrons. The molecule has 37 nitrogen and oxygen atoms in total. The molecular weight excluding hydrogens is 1830 g/mol. The highest BCUT2D eigenvalue weighted by Gasteiger charge is 2.46. The van der Waals surface area contributed by atoms with E-state index in [0.717, 1.165) is 182 Å². The molecule has 0 atom stereocenters. The van der Waals surface area contributed by atoms with E-state index < -0.39 is 17.2 Å². The molecule has 12 aliphatic heterocycles. The van der Waals surface area contributed by atoms with Crippen LogP contribution in [0.5, 0.6) is 0 Å². The molecular formula is C107H152N22O15. The maximum atomic E-state index is 12.6. The molecule has 17 rings (SSSR count). The van der Waals surface area contributed by atoms with Crippen molar-refractivity contribution in [3.63, 3.8) is 0 Å². The van der Waals surface area contributed by atoms with Crippen molar-refractivity contribution in [2.45, 2.75) is 216 Å². The summed E-state index contributed by atoms with van der Waals surface area (Å²) < 4.78 is 25.7. The number of carboxylic acid groups (broad SMARTS) is 1. The van der Waals surface area contributed by atoms with Gasteiger partial charge in [0.25, 0.3) is 11.8 Å². The summed E-state index contributed by atoms with van der Waals surface area (Å²) in [7, 11) is 0. The van der Waals surface area contributed by atoms with Gasteiger partial charge in [0.15, 0.2) is 0 Å². The molecule has 12 heterocycles. The molecule has 0 saturated carbocycles. The van der Waals surface area contributed by atoms with Gasteiger partial charge in [-0.05, 0) is 192 Å². The minimum absolute atomic E-state index is 0.000315. The Labute approximate surface area is 848 Å². The third-order valence-corrected chi connectivity index (χ3v) is 27.9. The van der Waals surface area contributed by atoms with Gasteiger partial charge in [0.2, 0.25) is 0 Å². The van der Waals surface area contributed by atoms with E-state index >= 15 is 0 Å². The number of carbonyl (C=O) groups excluding carboxylic acids is 8. The molecule has 5 spiro atoms. The fourth-order valence-electron chi connectivity index (χ4n) is 19.3. The monoisotopic (exact) mass is 1990 g/mol. The Kier molecular flexibility index (Phi) is 40.8. The summed E-state index contributed by atoms with van der Waals surface area (Å²) in [6.07, 6.45) is 20.3. The van der Waals surface area contributed by atoms with E-state index in [1.54, 1.807) is 94.1 Å². The number of ketones is 1. The summed E-state index contributed by atoms with van der Waals surface area (Å²) in [5, 5.41) is 28.4. The number of nitrogens with one attached hydrogen (secondary N) is 2. The molecule has 7 fully saturated rings. The van der Waals surface area contributed by atoms with Gasteiger partial charge in [-0.25, -0.2) is 9.59 Å². The smallest absolute Gasteiger partial charge is 0.410 e. The predicted molar refractivity (Wildman–Crippen MR) is 555 cm³/mol. The summed E-state index contributed by atoms with van der Waals surface area (Å²) in [5.41, 5.74) is 21.9. The molecule has 780 valence electrons. The Morgan fingerprint density at radius 2 is 0.812 bits per heavy atom. The maximum Gasteiger partial charge on any atom is 0.410 e. The molecule has 7 saturated heterocycles. The highest BCUT2D eigenvalue weighted by Crippen LogP contribution is 2.37. The van der Waals surface area contributed by atoms with Gasteiger partial charge >= 0.3 is 36.1 Å². The van der Waals surface area contributed by atoms with Crippen molar-refractivity contribution in [3.05, 3.63) is 178 Å². The molecule has 0 aliphatic carbocycles. The van der Waals surface area contributed by atoms with E-state index in [1.807, 2.05) is 88.8 Å². The maximum absolute atomic E-state index is 12.6. The minimum atomic E-state index is -0.870. The van der Waals surface area contributed by atoms with Crippen LogP contribution in [0.1, 0.15) is 201 Å². The lowest BCUT2D eigenvalue weighted by molar-refractivity contribution is -0.145. The van der Waals surface area contributed by atoms with Crippen LogP contribution in [0.3, 0.4) is 0 Å². The van der Waals surface area contributed by atoms with Crippen molar-refractivity contribution < 1.29 is 71.9 Å². The zero-order valence-corrected chi connectivity index (χ0v) is 85.8. The van der Waals surface area contributed by atoms with E-state index in [4.69, 9.17) is 61.7 Å². The van der Waals surface area contributed by atoms with Crippen molar-refractivity contribution in [1.82, 2.24) is 59.2 Å². The Hall–Kier alpha value is -12.8. The number of carbonyl (C=O) groups is 9. The minimum Gasteiger partial charge on any atom is -0.480 e. The number of benzene rings is 5. The number of nitrogens with zero attached hydrogens (tertiary/aromatic N) is 17. The first-order chi connectivity index (χ1) is 68.8. The number of rotatable bonds is 21. The molecule has 0 aromatic heterocycles. The molecule has 0 unspecified atom stereocenters. The number of hydrogen-bond acceptors (Lipinski definition) is 31. The number of nitrogens with two attached hydrogens (primary N) is 3. The molecule has 9 N–H and O–H groups in total. The first-order valence-electron chi connectivity index (χ1n) is 50.7. The number of amidine groups is 1. The van der Waals surface area contributed by atoms with Crippen LogP contribution in [0.2, 0.25) is 0 Å². The highest BCUT2D eigenvalue weighted by molar-refractivity contribution is 5.98. The van der Waals surface area contributed by atoms with E-state index in [2.05, 4.69) is 136 Å². The van der Waals surface area contributed by atoms with Crippen molar-refractivity contribution in [2.75, 3.05) is 177 Å². The summed E-state index contributed by atoms with van der Waals surface area (Å²) in [5.74, 6) is -1.12. The summed E-state index contributed by atoms with van der Waals surface area (Å²) in [6.45, 7) is 37.2. The average Bonchev–Trinajstić information content (AvgIpc) is 1.63. The molecule has 0 bridgehead atoms. The highest BCUT2D eigenvalue weighted by atomic mass is 16.6.